The molecule has 2 aromatic rings. The van der Waals surface area contributed by atoms with Gasteiger partial charge in [-0.3, -0.25) is 4.79 Å². The van der Waals surface area contributed by atoms with Crippen LogP contribution in [0.5, 0.6) is 0 Å². The van der Waals surface area contributed by atoms with Crippen molar-refractivity contribution in [2.75, 3.05) is 17.2 Å². The van der Waals surface area contributed by atoms with E-state index in [0.29, 0.717) is 12.2 Å². The van der Waals surface area contributed by atoms with Gasteiger partial charge in [-0.1, -0.05) is 23.7 Å². The average molecular weight is 291 g/mol. The molecule has 0 saturated carbocycles. The lowest BCUT2D eigenvalue weighted by Crippen LogP contribution is -2.30. The number of carbonyl (C=O) groups is 1. The molecule has 0 aromatic heterocycles. The number of halogens is 2. The molecule has 0 fully saturated rings. The molecule has 1 amide bonds. The Bertz CT molecular complexity index is 682. The van der Waals surface area contributed by atoms with Crippen molar-refractivity contribution in [1.82, 2.24) is 0 Å². The highest BCUT2D eigenvalue weighted by Gasteiger charge is 2.28. The lowest BCUT2D eigenvalue weighted by molar-refractivity contribution is 0.0985. The predicted molar refractivity (Wildman–Crippen MR) is 77.6 cm³/mol. The number of nitrogen functional groups attached to an aromatic ring is 1. The summed E-state index contributed by atoms with van der Waals surface area (Å²) >= 11 is 5.95. The normalized spacial score (nSPS) is 13.4. The molecule has 5 heteroatoms. The summed E-state index contributed by atoms with van der Waals surface area (Å²) in [6, 6.07) is 9.63. The van der Waals surface area contributed by atoms with Crippen molar-refractivity contribution in [1.29, 1.82) is 0 Å². The van der Waals surface area contributed by atoms with Crippen LogP contribution in [0.4, 0.5) is 15.8 Å². The maximum absolute atomic E-state index is 13.9. The SMILES string of the molecule is Nc1ccc2c(c1)N(C(=O)c1c(F)cccc1Cl)CC2. The highest BCUT2D eigenvalue weighted by atomic mass is 35.5. The van der Waals surface area contributed by atoms with Crippen LogP contribution in [0.25, 0.3) is 0 Å². The number of nitrogens with two attached hydrogens (primary N) is 1. The van der Waals surface area contributed by atoms with E-state index in [1.165, 1.54) is 23.1 Å². The number of carbonyl (C=O) groups excluding carboxylic acids is 1. The summed E-state index contributed by atoms with van der Waals surface area (Å²) in [5, 5.41) is 0.118. The smallest absolute Gasteiger partial charge is 0.262 e. The molecular weight excluding hydrogens is 279 g/mol. The Morgan fingerprint density at radius 3 is 2.85 bits per heavy atom. The van der Waals surface area contributed by atoms with Crippen LogP contribution in [-0.4, -0.2) is 12.5 Å². The van der Waals surface area contributed by atoms with E-state index in [0.717, 1.165) is 17.7 Å². The number of fused-ring (bicyclic) bond motifs is 1. The molecule has 3 nitrogen and oxygen atoms in total. The van der Waals surface area contributed by atoms with Gasteiger partial charge >= 0.3 is 0 Å². The summed E-state index contributed by atoms with van der Waals surface area (Å²) in [4.78, 5) is 14.0. The fraction of sp³-hybridized carbons (Fsp3) is 0.133. The Morgan fingerprint density at radius 2 is 2.10 bits per heavy atom. The lowest BCUT2D eigenvalue weighted by Gasteiger charge is -2.18. The molecule has 102 valence electrons. The molecule has 0 atom stereocenters. The molecule has 20 heavy (non-hydrogen) atoms. The van der Waals surface area contributed by atoms with Gasteiger partial charge in [-0.25, -0.2) is 4.39 Å². The van der Waals surface area contributed by atoms with Crippen LogP contribution in [0, 0.1) is 5.82 Å². The molecule has 0 spiro atoms. The van der Waals surface area contributed by atoms with Gasteiger partial charge in [0, 0.05) is 17.9 Å². The first-order valence-electron chi connectivity index (χ1n) is 6.22. The van der Waals surface area contributed by atoms with Crippen LogP contribution in [0.1, 0.15) is 15.9 Å². The summed E-state index contributed by atoms with van der Waals surface area (Å²) in [6.45, 7) is 0.502. The van der Waals surface area contributed by atoms with E-state index >= 15 is 0 Å². The number of benzene rings is 2. The van der Waals surface area contributed by atoms with E-state index in [1.807, 2.05) is 6.07 Å². The van der Waals surface area contributed by atoms with E-state index in [9.17, 15) is 9.18 Å². The Morgan fingerprint density at radius 1 is 1.30 bits per heavy atom. The molecule has 2 aromatic carbocycles. The van der Waals surface area contributed by atoms with Crippen molar-refractivity contribution in [3.8, 4) is 0 Å². The third-order valence-electron chi connectivity index (χ3n) is 3.43. The third kappa shape index (κ3) is 2.02. The molecule has 0 bridgehead atoms. The zero-order valence-electron chi connectivity index (χ0n) is 10.6. The quantitative estimate of drug-likeness (QED) is 0.819. The average Bonchev–Trinajstić information content (AvgIpc) is 2.81. The zero-order chi connectivity index (χ0) is 14.3. The minimum absolute atomic E-state index is 0.0931. The molecule has 0 radical (unpaired) electrons. The predicted octanol–water partition coefficient (Wildman–Crippen LogP) is 3.26. The van der Waals surface area contributed by atoms with Gasteiger partial charge in [0.1, 0.15) is 5.82 Å². The van der Waals surface area contributed by atoms with Gasteiger partial charge in [-0.2, -0.15) is 0 Å². The van der Waals surface area contributed by atoms with E-state index in [2.05, 4.69) is 0 Å². The summed E-state index contributed by atoms with van der Waals surface area (Å²) in [5.41, 5.74) is 7.99. The number of hydrogen-bond donors (Lipinski definition) is 1. The van der Waals surface area contributed by atoms with E-state index < -0.39 is 11.7 Å². The van der Waals surface area contributed by atoms with Crippen molar-refractivity contribution < 1.29 is 9.18 Å². The van der Waals surface area contributed by atoms with Crippen LogP contribution < -0.4 is 10.6 Å². The molecular formula is C15H12ClFN2O. The van der Waals surface area contributed by atoms with E-state index in [4.69, 9.17) is 17.3 Å². The standard InChI is InChI=1S/C15H12ClFN2O/c16-11-2-1-3-12(17)14(11)15(20)19-7-6-9-4-5-10(18)8-13(9)19/h1-5,8H,6-7,18H2. The second-order valence-electron chi connectivity index (χ2n) is 4.69. The first-order chi connectivity index (χ1) is 9.58. The van der Waals surface area contributed by atoms with Crippen LogP contribution >= 0.6 is 11.6 Å². The maximum atomic E-state index is 13.9. The van der Waals surface area contributed by atoms with Crippen LogP contribution in [0.2, 0.25) is 5.02 Å². The Labute approximate surface area is 120 Å². The van der Waals surface area contributed by atoms with Gasteiger partial charge in [0.2, 0.25) is 0 Å². The lowest BCUT2D eigenvalue weighted by atomic mass is 10.1. The minimum Gasteiger partial charge on any atom is -0.399 e. The Balaban J connectivity index is 2.04. The molecule has 2 N–H and O–H groups in total. The zero-order valence-corrected chi connectivity index (χ0v) is 11.3. The molecule has 0 unspecified atom stereocenters. The highest BCUT2D eigenvalue weighted by Crippen LogP contribution is 2.32. The maximum Gasteiger partial charge on any atom is 0.262 e. The number of anilines is 2. The molecule has 0 saturated heterocycles. The summed E-state index contributed by atoms with van der Waals surface area (Å²) in [5.74, 6) is -1.04. The van der Waals surface area contributed by atoms with Gasteiger partial charge < -0.3 is 10.6 Å². The molecule has 1 aliphatic rings. The van der Waals surface area contributed by atoms with Crippen molar-refractivity contribution >= 4 is 28.9 Å². The summed E-state index contributed by atoms with van der Waals surface area (Å²) in [7, 11) is 0. The van der Waals surface area contributed by atoms with Gasteiger partial charge in [0.05, 0.1) is 10.6 Å². The largest absolute Gasteiger partial charge is 0.399 e. The van der Waals surface area contributed by atoms with Gasteiger partial charge in [0.15, 0.2) is 0 Å². The Kier molecular flexibility index (Phi) is 3.10. The number of hydrogen-bond acceptors (Lipinski definition) is 2. The molecule has 0 aliphatic carbocycles. The summed E-state index contributed by atoms with van der Waals surface area (Å²) < 4.78 is 13.9. The van der Waals surface area contributed by atoms with Gasteiger partial charge in [0.25, 0.3) is 5.91 Å². The van der Waals surface area contributed by atoms with Crippen molar-refractivity contribution in [2.24, 2.45) is 0 Å². The Hall–Kier alpha value is -2.07. The fourth-order valence-electron chi connectivity index (χ4n) is 2.44. The highest BCUT2D eigenvalue weighted by molar-refractivity contribution is 6.34. The second-order valence-corrected chi connectivity index (χ2v) is 5.10. The van der Waals surface area contributed by atoms with E-state index in [1.54, 1.807) is 12.1 Å². The first kappa shape index (κ1) is 12.9. The second kappa shape index (κ2) is 4.80. The fourth-order valence-corrected chi connectivity index (χ4v) is 2.69. The topological polar surface area (TPSA) is 46.3 Å². The van der Waals surface area contributed by atoms with Gasteiger partial charge in [-0.15, -0.1) is 0 Å². The molecule has 3 rings (SSSR count). The van der Waals surface area contributed by atoms with Crippen LogP contribution in [0.15, 0.2) is 36.4 Å². The summed E-state index contributed by atoms with van der Waals surface area (Å²) in [6.07, 6.45) is 0.730. The first-order valence-corrected chi connectivity index (χ1v) is 6.60. The van der Waals surface area contributed by atoms with Crippen LogP contribution in [0.3, 0.4) is 0 Å². The third-order valence-corrected chi connectivity index (χ3v) is 3.74. The monoisotopic (exact) mass is 290 g/mol. The molecule has 1 heterocycles. The number of amides is 1. The molecule has 1 aliphatic heterocycles. The number of rotatable bonds is 1. The number of nitrogens with zero attached hydrogens (tertiary/aromatic N) is 1. The van der Waals surface area contributed by atoms with Gasteiger partial charge in [-0.05, 0) is 36.2 Å². The van der Waals surface area contributed by atoms with Crippen molar-refractivity contribution in [3.05, 3.63) is 58.4 Å². The van der Waals surface area contributed by atoms with Crippen LogP contribution in [-0.2, 0) is 6.42 Å². The van der Waals surface area contributed by atoms with Crippen molar-refractivity contribution in [2.45, 2.75) is 6.42 Å². The minimum atomic E-state index is -0.611. The van der Waals surface area contributed by atoms with Crippen molar-refractivity contribution in [3.63, 3.8) is 0 Å². The van der Waals surface area contributed by atoms with E-state index in [-0.39, 0.29) is 10.6 Å².